The van der Waals surface area contributed by atoms with Gasteiger partial charge in [-0.25, -0.2) is 0 Å². The zero-order valence-electron chi connectivity index (χ0n) is 11.7. The maximum absolute atomic E-state index is 9.26. The summed E-state index contributed by atoms with van der Waals surface area (Å²) in [4.78, 5) is 6.45. The molecule has 0 saturated heterocycles. The molecule has 20 heavy (non-hydrogen) atoms. The summed E-state index contributed by atoms with van der Waals surface area (Å²) in [6.45, 7) is 3.52. The molecule has 0 radical (unpaired) electrons. The van der Waals surface area contributed by atoms with Crippen LogP contribution in [0.1, 0.15) is 18.2 Å². The van der Waals surface area contributed by atoms with Crippen molar-refractivity contribution >= 4 is 5.69 Å². The second-order valence-corrected chi connectivity index (χ2v) is 4.33. The number of ether oxygens (including phenoxy) is 1. The Morgan fingerprint density at radius 2 is 2.15 bits per heavy atom. The molecular weight excluding hydrogens is 250 g/mol. The molecule has 1 aromatic heterocycles. The van der Waals surface area contributed by atoms with Crippen molar-refractivity contribution in [1.29, 1.82) is 5.26 Å². The van der Waals surface area contributed by atoms with E-state index in [4.69, 9.17) is 4.74 Å². The van der Waals surface area contributed by atoms with Gasteiger partial charge in [-0.3, -0.25) is 4.98 Å². The molecule has 0 aliphatic carbocycles. The van der Waals surface area contributed by atoms with E-state index in [0.717, 1.165) is 23.7 Å². The van der Waals surface area contributed by atoms with Gasteiger partial charge in [-0.05, 0) is 31.2 Å². The highest BCUT2D eigenvalue weighted by Gasteiger charge is 2.12. The van der Waals surface area contributed by atoms with Gasteiger partial charge < -0.3 is 9.64 Å². The Kier molecular flexibility index (Phi) is 4.56. The largest absolute Gasteiger partial charge is 0.497 e. The minimum atomic E-state index is 0.642. The molecule has 102 valence electrons. The fourth-order valence-electron chi connectivity index (χ4n) is 2.05. The van der Waals surface area contributed by atoms with Crippen LogP contribution in [0, 0.1) is 11.3 Å². The predicted molar refractivity (Wildman–Crippen MR) is 78.7 cm³/mol. The van der Waals surface area contributed by atoms with Gasteiger partial charge in [-0.1, -0.05) is 6.07 Å². The van der Waals surface area contributed by atoms with E-state index >= 15 is 0 Å². The van der Waals surface area contributed by atoms with E-state index in [1.165, 1.54) is 0 Å². The first kappa shape index (κ1) is 13.9. The van der Waals surface area contributed by atoms with Crippen LogP contribution in [0.25, 0.3) is 0 Å². The van der Waals surface area contributed by atoms with Crippen LogP contribution in [0.3, 0.4) is 0 Å². The Morgan fingerprint density at radius 3 is 2.75 bits per heavy atom. The standard InChI is InChI=1S/C16H17N3O/c1-3-19(12-14-6-4-5-9-18-14)16-10-15(20-2)8-7-13(16)11-17/h4-10H,3,12H2,1-2H3. The fourth-order valence-corrected chi connectivity index (χ4v) is 2.05. The molecule has 2 aromatic rings. The van der Waals surface area contributed by atoms with Gasteiger partial charge in [-0.2, -0.15) is 5.26 Å². The Bertz CT molecular complexity index is 605. The third-order valence-electron chi connectivity index (χ3n) is 3.13. The number of rotatable bonds is 5. The molecule has 0 spiro atoms. The van der Waals surface area contributed by atoms with Crippen LogP contribution >= 0.6 is 0 Å². The zero-order chi connectivity index (χ0) is 14.4. The van der Waals surface area contributed by atoms with Crippen molar-refractivity contribution in [3.63, 3.8) is 0 Å². The van der Waals surface area contributed by atoms with Gasteiger partial charge in [0.15, 0.2) is 0 Å². The lowest BCUT2D eigenvalue weighted by atomic mass is 10.1. The van der Waals surface area contributed by atoms with E-state index in [9.17, 15) is 5.26 Å². The number of aromatic nitrogens is 1. The number of hydrogen-bond acceptors (Lipinski definition) is 4. The summed E-state index contributed by atoms with van der Waals surface area (Å²) >= 11 is 0. The van der Waals surface area contributed by atoms with E-state index in [2.05, 4.69) is 22.9 Å². The van der Waals surface area contributed by atoms with E-state index in [0.29, 0.717) is 12.1 Å². The SMILES string of the molecule is CCN(Cc1ccccn1)c1cc(OC)ccc1C#N. The van der Waals surface area contributed by atoms with E-state index in [-0.39, 0.29) is 0 Å². The van der Waals surface area contributed by atoms with E-state index < -0.39 is 0 Å². The minimum absolute atomic E-state index is 0.642. The summed E-state index contributed by atoms with van der Waals surface area (Å²) in [6.07, 6.45) is 1.78. The maximum atomic E-state index is 9.26. The first-order valence-corrected chi connectivity index (χ1v) is 6.51. The highest BCUT2D eigenvalue weighted by molar-refractivity contribution is 5.62. The molecule has 4 nitrogen and oxygen atoms in total. The van der Waals surface area contributed by atoms with Gasteiger partial charge in [0, 0.05) is 18.8 Å². The monoisotopic (exact) mass is 267 g/mol. The molecule has 0 bridgehead atoms. The number of anilines is 1. The Morgan fingerprint density at radius 1 is 1.30 bits per heavy atom. The fraction of sp³-hybridized carbons (Fsp3) is 0.250. The molecule has 0 amide bonds. The minimum Gasteiger partial charge on any atom is -0.497 e. The summed E-state index contributed by atoms with van der Waals surface area (Å²) in [5.41, 5.74) is 2.49. The molecule has 0 N–H and O–H groups in total. The number of nitrogens with zero attached hydrogens (tertiary/aromatic N) is 3. The Hall–Kier alpha value is -2.54. The number of methoxy groups -OCH3 is 1. The summed E-state index contributed by atoms with van der Waals surface area (Å²) < 4.78 is 5.25. The lowest BCUT2D eigenvalue weighted by Gasteiger charge is -2.24. The quantitative estimate of drug-likeness (QED) is 0.835. The first-order chi connectivity index (χ1) is 9.78. The normalized spacial score (nSPS) is 9.85. The van der Waals surface area contributed by atoms with Crippen LogP contribution in [-0.4, -0.2) is 18.6 Å². The van der Waals surface area contributed by atoms with Crippen molar-refractivity contribution in [3.8, 4) is 11.8 Å². The Balaban J connectivity index is 2.33. The summed E-state index contributed by atoms with van der Waals surface area (Å²) in [5, 5.41) is 9.26. The van der Waals surface area contributed by atoms with Gasteiger partial charge in [0.1, 0.15) is 11.8 Å². The first-order valence-electron chi connectivity index (χ1n) is 6.51. The van der Waals surface area contributed by atoms with Crippen molar-refractivity contribution in [1.82, 2.24) is 4.98 Å². The molecule has 4 heteroatoms. The molecule has 0 saturated carbocycles. The lowest BCUT2D eigenvalue weighted by molar-refractivity contribution is 0.414. The van der Waals surface area contributed by atoms with Crippen molar-refractivity contribution in [2.75, 3.05) is 18.6 Å². The molecule has 0 aliphatic heterocycles. The van der Waals surface area contributed by atoms with Gasteiger partial charge in [0.05, 0.1) is 30.6 Å². The molecule has 0 fully saturated rings. The van der Waals surface area contributed by atoms with Gasteiger partial charge in [0.25, 0.3) is 0 Å². The zero-order valence-corrected chi connectivity index (χ0v) is 11.7. The van der Waals surface area contributed by atoms with Crippen molar-refractivity contribution in [3.05, 3.63) is 53.9 Å². The Labute approximate surface area is 119 Å². The van der Waals surface area contributed by atoms with E-state index in [1.54, 1.807) is 25.4 Å². The molecular formula is C16H17N3O. The third-order valence-corrected chi connectivity index (χ3v) is 3.13. The van der Waals surface area contributed by atoms with Crippen molar-refractivity contribution < 1.29 is 4.74 Å². The third kappa shape index (κ3) is 3.07. The smallest absolute Gasteiger partial charge is 0.121 e. The van der Waals surface area contributed by atoms with Crippen LogP contribution in [0.4, 0.5) is 5.69 Å². The number of benzene rings is 1. The van der Waals surface area contributed by atoms with Crippen LogP contribution in [0.2, 0.25) is 0 Å². The molecule has 0 atom stereocenters. The van der Waals surface area contributed by atoms with E-state index in [1.807, 2.05) is 24.3 Å². The van der Waals surface area contributed by atoms with Crippen LogP contribution < -0.4 is 9.64 Å². The molecule has 1 heterocycles. The predicted octanol–water partition coefficient (Wildman–Crippen LogP) is 2.99. The summed E-state index contributed by atoms with van der Waals surface area (Å²) in [6, 6.07) is 13.6. The maximum Gasteiger partial charge on any atom is 0.121 e. The highest BCUT2D eigenvalue weighted by atomic mass is 16.5. The van der Waals surface area contributed by atoms with Crippen LogP contribution in [0.5, 0.6) is 5.75 Å². The highest BCUT2D eigenvalue weighted by Crippen LogP contribution is 2.26. The van der Waals surface area contributed by atoms with Gasteiger partial charge in [0.2, 0.25) is 0 Å². The topological polar surface area (TPSA) is 49.2 Å². The summed E-state index contributed by atoms with van der Waals surface area (Å²) in [5.74, 6) is 0.749. The van der Waals surface area contributed by atoms with Crippen molar-refractivity contribution in [2.24, 2.45) is 0 Å². The summed E-state index contributed by atoms with van der Waals surface area (Å²) in [7, 11) is 1.63. The average Bonchev–Trinajstić information content (AvgIpc) is 2.53. The van der Waals surface area contributed by atoms with Gasteiger partial charge >= 0.3 is 0 Å². The second-order valence-electron chi connectivity index (χ2n) is 4.33. The van der Waals surface area contributed by atoms with Crippen molar-refractivity contribution in [2.45, 2.75) is 13.5 Å². The van der Waals surface area contributed by atoms with Crippen LogP contribution in [0.15, 0.2) is 42.6 Å². The number of nitriles is 1. The molecule has 0 aliphatic rings. The average molecular weight is 267 g/mol. The molecule has 2 rings (SSSR count). The number of pyridine rings is 1. The molecule has 1 aromatic carbocycles. The van der Waals surface area contributed by atoms with Gasteiger partial charge in [-0.15, -0.1) is 0 Å². The second kappa shape index (κ2) is 6.58. The van der Waals surface area contributed by atoms with Crippen LogP contribution in [-0.2, 0) is 6.54 Å². The lowest BCUT2D eigenvalue weighted by Crippen LogP contribution is -2.23. The molecule has 0 unspecified atom stereocenters. The number of hydrogen-bond donors (Lipinski definition) is 0.